The fourth-order valence-electron chi connectivity index (χ4n) is 3.86. The van der Waals surface area contributed by atoms with Crippen LogP contribution in [-0.2, 0) is 17.7 Å². The van der Waals surface area contributed by atoms with Crippen molar-refractivity contribution in [3.05, 3.63) is 119 Å². The Kier molecular flexibility index (Phi) is 7.80. The second-order valence-corrected chi connectivity index (χ2v) is 8.25. The molecule has 0 saturated heterocycles. The second-order valence-electron chi connectivity index (χ2n) is 8.25. The molecule has 186 valence electrons. The van der Waals surface area contributed by atoms with Crippen LogP contribution in [0.2, 0.25) is 0 Å². The summed E-state index contributed by atoms with van der Waals surface area (Å²) in [5, 5.41) is 2.80. The molecule has 8 heteroatoms. The SMILES string of the molecule is COC(=O)c1ccc(NC(=O)c2cccc(-c3cc(C(=O)Cc4ccncc4F)ccc3CN)c2)cc1. The number of Topliss-reactive ketones (excluding diaryl/α,β-unsaturated/α-hetero) is 1. The number of pyridine rings is 1. The van der Waals surface area contributed by atoms with E-state index in [1.807, 2.05) is 6.07 Å². The highest BCUT2D eigenvalue weighted by Gasteiger charge is 2.15. The lowest BCUT2D eigenvalue weighted by Gasteiger charge is -2.12. The summed E-state index contributed by atoms with van der Waals surface area (Å²) in [6.45, 7) is 0.228. The Morgan fingerprint density at radius 1 is 0.919 bits per heavy atom. The number of halogens is 1. The number of nitrogens with one attached hydrogen (secondary N) is 1. The largest absolute Gasteiger partial charge is 0.465 e. The van der Waals surface area contributed by atoms with E-state index in [1.54, 1.807) is 60.7 Å². The first kappa shape index (κ1) is 25.4. The van der Waals surface area contributed by atoms with Crippen LogP contribution >= 0.6 is 0 Å². The molecule has 0 unspecified atom stereocenters. The molecule has 0 fully saturated rings. The number of ether oxygens (including phenoxy) is 1. The third-order valence-electron chi connectivity index (χ3n) is 5.86. The summed E-state index contributed by atoms with van der Waals surface area (Å²) in [5.74, 6) is -1.59. The standard InChI is InChI=1S/C29H24FN3O4/c1-37-29(36)18-7-9-24(10-8-18)33-28(35)22-4-2-3-19(13-22)25-14-21(5-6-23(25)16-31)27(34)15-20-11-12-32-17-26(20)30/h2-14,17H,15-16,31H2,1H3,(H,33,35). The van der Waals surface area contributed by atoms with Crippen molar-refractivity contribution in [1.82, 2.24) is 4.98 Å². The van der Waals surface area contributed by atoms with E-state index in [4.69, 9.17) is 5.73 Å². The van der Waals surface area contributed by atoms with E-state index in [0.29, 0.717) is 33.5 Å². The van der Waals surface area contributed by atoms with E-state index in [9.17, 15) is 18.8 Å². The number of hydrogen-bond donors (Lipinski definition) is 2. The maximum Gasteiger partial charge on any atom is 0.337 e. The topological polar surface area (TPSA) is 111 Å². The summed E-state index contributed by atoms with van der Waals surface area (Å²) in [7, 11) is 1.30. The highest BCUT2D eigenvalue weighted by atomic mass is 19.1. The van der Waals surface area contributed by atoms with Gasteiger partial charge in [0.05, 0.1) is 18.9 Å². The van der Waals surface area contributed by atoms with Crippen LogP contribution in [0.1, 0.15) is 42.2 Å². The van der Waals surface area contributed by atoms with Crippen molar-refractivity contribution in [1.29, 1.82) is 0 Å². The minimum Gasteiger partial charge on any atom is -0.465 e. The lowest BCUT2D eigenvalue weighted by molar-refractivity contribution is 0.0600. The zero-order chi connectivity index (χ0) is 26.4. The summed E-state index contributed by atoms with van der Waals surface area (Å²) < 4.78 is 18.7. The highest BCUT2D eigenvalue weighted by molar-refractivity contribution is 6.05. The van der Waals surface area contributed by atoms with Gasteiger partial charge in [-0.25, -0.2) is 9.18 Å². The van der Waals surface area contributed by atoms with Crippen LogP contribution in [0.4, 0.5) is 10.1 Å². The number of rotatable bonds is 8. The van der Waals surface area contributed by atoms with Crippen LogP contribution in [0.5, 0.6) is 0 Å². The summed E-state index contributed by atoms with van der Waals surface area (Å²) >= 11 is 0. The molecule has 3 aromatic carbocycles. The molecule has 3 N–H and O–H groups in total. The molecule has 4 aromatic rings. The molecule has 37 heavy (non-hydrogen) atoms. The van der Waals surface area contributed by atoms with Crippen molar-refractivity contribution in [3.63, 3.8) is 0 Å². The quantitative estimate of drug-likeness (QED) is 0.267. The lowest BCUT2D eigenvalue weighted by atomic mass is 9.93. The smallest absolute Gasteiger partial charge is 0.337 e. The first-order valence-electron chi connectivity index (χ1n) is 11.4. The van der Waals surface area contributed by atoms with Gasteiger partial charge in [-0.3, -0.25) is 14.6 Å². The Morgan fingerprint density at radius 2 is 1.68 bits per heavy atom. The fourth-order valence-corrected chi connectivity index (χ4v) is 3.86. The fraction of sp³-hybridized carbons (Fsp3) is 0.103. The molecule has 1 aromatic heterocycles. The van der Waals surface area contributed by atoms with Crippen molar-refractivity contribution in [2.75, 3.05) is 12.4 Å². The molecule has 0 atom stereocenters. The van der Waals surface area contributed by atoms with Crippen molar-refractivity contribution < 1.29 is 23.5 Å². The van der Waals surface area contributed by atoms with Gasteiger partial charge >= 0.3 is 5.97 Å². The highest BCUT2D eigenvalue weighted by Crippen LogP contribution is 2.27. The molecule has 0 saturated carbocycles. The number of hydrogen-bond acceptors (Lipinski definition) is 6. The molecule has 0 spiro atoms. The number of nitrogens with zero attached hydrogens (tertiary/aromatic N) is 1. The minimum atomic E-state index is -0.534. The monoisotopic (exact) mass is 497 g/mol. The van der Waals surface area contributed by atoms with Gasteiger partial charge in [0.1, 0.15) is 5.82 Å². The molecule has 7 nitrogen and oxygen atoms in total. The molecular formula is C29H24FN3O4. The van der Waals surface area contributed by atoms with Gasteiger partial charge in [0.2, 0.25) is 0 Å². The number of methoxy groups -OCH3 is 1. The average Bonchev–Trinajstić information content (AvgIpc) is 2.94. The maximum absolute atomic E-state index is 14.0. The number of esters is 1. The molecule has 0 aliphatic rings. The van der Waals surface area contributed by atoms with Crippen LogP contribution in [0.15, 0.2) is 85.2 Å². The predicted molar refractivity (Wildman–Crippen MR) is 138 cm³/mol. The van der Waals surface area contributed by atoms with E-state index in [-0.39, 0.29) is 30.2 Å². The van der Waals surface area contributed by atoms with E-state index in [0.717, 1.165) is 11.8 Å². The minimum absolute atomic E-state index is 0.104. The summed E-state index contributed by atoms with van der Waals surface area (Å²) in [6, 6.07) is 19.9. The number of carbonyl (C=O) groups is 3. The molecule has 0 radical (unpaired) electrons. The summed E-state index contributed by atoms with van der Waals surface area (Å²) in [5.41, 5.74) is 10.1. The Labute approximate surface area is 213 Å². The number of carbonyl (C=O) groups excluding carboxylic acids is 3. The van der Waals surface area contributed by atoms with Crippen LogP contribution in [-0.4, -0.2) is 29.8 Å². The Balaban J connectivity index is 1.58. The van der Waals surface area contributed by atoms with Gasteiger partial charge in [-0.15, -0.1) is 0 Å². The van der Waals surface area contributed by atoms with Gasteiger partial charge in [0.15, 0.2) is 5.78 Å². The van der Waals surface area contributed by atoms with Gasteiger partial charge in [-0.2, -0.15) is 0 Å². The number of amides is 1. The maximum atomic E-state index is 14.0. The first-order valence-corrected chi connectivity index (χ1v) is 11.4. The lowest BCUT2D eigenvalue weighted by Crippen LogP contribution is -2.12. The third-order valence-corrected chi connectivity index (χ3v) is 5.86. The van der Waals surface area contributed by atoms with Gasteiger partial charge in [0, 0.05) is 36.0 Å². The zero-order valence-electron chi connectivity index (χ0n) is 20.0. The van der Waals surface area contributed by atoms with Crippen LogP contribution in [0.25, 0.3) is 11.1 Å². The van der Waals surface area contributed by atoms with Crippen molar-refractivity contribution in [2.45, 2.75) is 13.0 Å². The van der Waals surface area contributed by atoms with Crippen molar-refractivity contribution in [3.8, 4) is 11.1 Å². The van der Waals surface area contributed by atoms with Crippen molar-refractivity contribution >= 4 is 23.3 Å². The zero-order valence-corrected chi connectivity index (χ0v) is 20.0. The van der Waals surface area contributed by atoms with Gasteiger partial charge in [-0.1, -0.05) is 24.3 Å². The molecule has 4 rings (SSSR count). The molecule has 1 heterocycles. The summed E-state index contributed by atoms with van der Waals surface area (Å²) in [4.78, 5) is 41.1. The number of aromatic nitrogens is 1. The Hall–Kier alpha value is -4.69. The Morgan fingerprint density at radius 3 is 2.38 bits per heavy atom. The van der Waals surface area contributed by atoms with Gasteiger partial charge in [-0.05, 0) is 70.8 Å². The van der Waals surface area contributed by atoms with E-state index < -0.39 is 11.8 Å². The molecule has 0 aliphatic carbocycles. The summed E-state index contributed by atoms with van der Waals surface area (Å²) in [6.07, 6.45) is 2.42. The number of ketones is 1. The van der Waals surface area contributed by atoms with Gasteiger partial charge in [0.25, 0.3) is 5.91 Å². The van der Waals surface area contributed by atoms with Crippen LogP contribution < -0.4 is 11.1 Å². The van der Waals surface area contributed by atoms with Gasteiger partial charge < -0.3 is 15.8 Å². The normalized spacial score (nSPS) is 10.6. The van der Waals surface area contributed by atoms with E-state index >= 15 is 0 Å². The van der Waals surface area contributed by atoms with E-state index in [1.165, 1.54) is 19.4 Å². The number of nitrogens with two attached hydrogens (primary N) is 1. The average molecular weight is 498 g/mol. The third kappa shape index (κ3) is 5.94. The molecule has 1 amide bonds. The molecular weight excluding hydrogens is 473 g/mol. The van der Waals surface area contributed by atoms with Crippen LogP contribution in [0, 0.1) is 5.82 Å². The van der Waals surface area contributed by atoms with Crippen LogP contribution in [0.3, 0.4) is 0 Å². The van der Waals surface area contributed by atoms with E-state index in [2.05, 4.69) is 15.0 Å². The second kappa shape index (κ2) is 11.4. The number of anilines is 1. The Bertz CT molecular complexity index is 1470. The van der Waals surface area contributed by atoms with Crippen molar-refractivity contribution in [2.24, 2.45) is 5.73 Å². The number of benzene rings is 3. The molecule has 0 aliphatic heterocycles. The first-order chi connectivity index (χ1) is 17.9. The predicted octanol–water partition coefficient (Wildman–Crippen LogP) is 4.81. The molecule has 0 bridgehead atoms.